The number of carbonyl (C=O) groups is 1. The summed E-state index contributed by atoms with van der Waals surface area (Å²) in [7, 11) is 3.16. The predicted octanol–water partition coefficient (Wildman–Crippen LogP) is 4.85. The molecule has 122 valence electrons. The Bertz CT molecular complexity index is 712. The Balaban J connectivity index is 1.95. The van der Waals surface area contributed by atoms with Gasteiger partial charge in [-0.1, -0.05) is 11.6 Å². The lowest BCUT2D eigenvalue weighted by Gasteiger charge is -2.10. The first-order valence-electron chi connectivity index (χ1n) is 6.63. The van der Waals surface area contributed by atoms with Crippen LogP contribution in [0.1, 0.15) is 0 Å². The first-order chi connectivity index (χ1) is 11.0. The molecule has 0 saturated carbocycles. The van der Waals surface area contributed by atoms with Crippen LogP contribution in [0.5, 0.6) is 11.5 Å². The fourth-order valence-electron chi connectivity index (χ4n) is 1.83. The highest BCUT2D eigenvalue weighted by molar-refractivity contribution is 9.10. The van der Waals surface area contributed by atoms with Gasteiger partial charge in [0.25, 0.3) is 0 Å². The van der Waals surface area contributed by atoms with E-state index in [0.717, 1.165) is 9.37 Å². The Kier molecular flexibility index (Phi) is 6.62. The third kappa shape index (κ3) is 5.06. The van der Waals surface area contributed by atoms with Crippen molar-refractivity contribution in [2.75, 3.05) is 25.3 Å². The number of benzene rings is 2. The number of anilines is 1. The first kappa shape index (κ1) is 18.0. The number of amides is 1. The second-order valence-electron chi connectivity index (χ2n) is 4.48. The molecule has 0 fully saturated rings. The van der Waals surface area contributed by atoms with Gasteiger partial charge in [0.2, 0.25) is 5.91 Å². The van der Waals surface area contributed by atoms with E-state index in [1.165, 1.54) is 11.8 Å². The predicted molar refractivity (Wildman–Crippen MR) is 98.1 cm³/mol. The van der Waals surface area contributed by atoms with E-state index in [1.807, 2.05) is 18.2 Å². The summed E-state index contributed by atoms with van der Waals surface area (Å²) in [5.41, 5.74) is 0.663. The average Bonchev–Trinajstić information content (AvgIpc) is 2.56. The molecule has 0 heterocycles. The van der Waals surface area contributed by atoms with E-state index in [0.29, 0.717) is 22.2 Å². The SMILES string of the molecule is COc1ccc(SCC(=O)Nc2ccc(Br)c(Cl)c2)cc1OC. The molecular weight excluding hydrogens is 402 g/mol. The summed E-state index contributed by atoms with van der Waals surface area (Å²) in [5.74, 6) is 1.47. The molecule has 0 bridgehead atoms. The number of ether oxygens (including phenoxy) is 2. The minimum Gasteiger partial charge on any atom is -0.493 e. The second-order valence-corrected chi connectivity index (χ2v) is 6.79. The van der Waals surface area contributed by atoms with E-state index in [-0.39, 0.29) is 11.7 Å². The smallest absolute Gasteiger partial charge is 0.234 e. The summed E-state index contributed by atoms with van der Waals surface area (Å²) in [4.78, 5) is 12.9. The number of methoxy groups -OCH3 is 2. The normalized spacial score (nSPS) is 10.3. The summed E-state index contributed by atoms with van der Waals surface area (Å²) in [6.45, 7) is 0. The minimum atomic E-state index is -0.108. The molecule has 0 atom stereocenters. The van der Waals surface area contributed by atoms with Crippen LogP contribution in [0.25, 0.3) is 0 Å². The average molecular weight is 417 g/mol. The van der Waals surface area contributed by atoms with Crippen LogP contribution >= 0.6 is 39.3 Å². The molecule has 0 aliphatic carbocycles. The number of nitrogens with one attached hydrogen (secondary N) is 1. The molecule has 0 unspecified atom stereocenters. The van der Waals surface area contributed by atoms with Gasteiger partial charge in [0.15, 0.2) is 11.5 Å². The molecule has 0 aromatic heterocycles. The van der Waals surface area contributed by atoms with Crippen LogP contribution in [-0.4, -0.2) is 25.9 Å². The largest absolute Gasteiger partial charge is 0.493 e. The molecule has 2 aromatic carbocycles. The van der Waals surface area contributed by atoms with Crippen molar-refractivity contribution in [1.29, 1.82) is 0 Å². The van der Waals surface area contributed by atoms with Gasteiger partial charge in [0, 0.05) is 15.1 Å². The molecule has 2 aromatic rings. The van der Waals surface area contributed by atoms with Crippen LogP contribution in [-0.2, 0) is 4.79 Å². The fraction of sp³-hybridized carbons (Fsp3) is 0.188. The van der Waals surface area contributed by atoms with E-state index < -0.39 is 0 Å². The molecule has 0 aliphatic heterocycles. The highest BCUT2D eigenvalue weighted by Gasteiger charge is 2.08. The summed E-state index contributed by atoms with van der Waals surface area (Å²) >= 11 is 10.7. The lowest BCUT2D eigenvalue weighted by Crippen LogP contribution is -2.13. The van der Waals surface area contributed by atoms with Crippen LogP contribution in [0, 0.1) is 0 Å². The maximum Gasteiger partial charge on any atom is 0.234 e. The van der Waals surface area contributed by atoms with E-state index >= 15 is 0 Å². The van der Waals surface area contributed by atoms with Gasteiger partial charge in [-0.3, -0.25) is 4.79 Å². The Morgan fingerprint density at radius 2 is 1.91 bits per heavy atom. The second kappa shape index (κ2) is 8.47. The Hall–Kier alpha value is -1.37. The summed E-state index contributed by atoms with van der Waals surface area (Å²) in [6.07, 6.45) is 0. The molecule has 1 N–H and O–H groups in total. The van der Waals surface area contributed by atoms with Crippen molar-refractivity contribution in [3.63, 3.8) is 0 Å². The molecule has 7 heteroatoms. The standard InChI is InChI=1S/C16H15BrClNO3S/c1-21-14-6-4-11(8-15(14)22-2)23-9-16(20)19-10-3-5-12(17)13(18)7-10/h3-8H,9H2,1-2H3,(H,19,20). The van der Waals surface area contributed by atoms with Crippen molar-refractivity contribution in [1.82, 2.24) is 0 Å². The third-order valence-electron chi connectivity index (χ3n) is 2.93. The third-order valence-corrected chi connectivity index (χ3v) is 5.15. The van der Waals surface area contributed by atoms with Crippen molar-refractivity contribution in [3.8, 4) is 11.5 Å². The van der Waals surface area contributed by atoms with Crippen LogP contribution in [0.15, 0.2) is 45.8 Å². The van der Waals surface area contributed by atoms with E-state index in [4.69, 9.17) is 21.1 Å². The van der Waals surface area contributed by atoms with Gasteiger partial charge in [0.1, 0.15) is 0 Å². The molecule has 1 amide bonds. The van der Waals surface area contributed by atoms with Crippen LogP contribution in [0.2, 0.25) is 5.02 Å². The molecule has 23 heavy (non-hydrogen) atoms. The quantitative estimate of drug-likeness (QED) is 0.684. The van der Waals surface area contributed by atoms with Gasteiger partial charge in [-0.2, -0.15) is 0 Å². The first-order valence-corrected chi connectivity index (χ1v) is 8.79. The lowest BCUT2D eigenvalue weighted by atomic mass is 10.3. The topological polar surface area (TPSA) is 47.6 Å². The highest BCUT2D eigenvalue weighted by Crippen LogP contribution is 2.32. The number of hydrogen-bond acceptors (Lipinski definition) is 4. The van der Waals surface area contributed by atoms with E-state index in [2.05, 4.69) is 21.2 Å². The van der Waals surface area contributed by atoms with E-state index in [1.54, 1.807) is 32.4 Å². The zero-order valence-corrected chi connectivity index (χ0v) is 15.7. The maximum absolute atomic E-state index is 12.0. The molecule has 4 nitrogen and oxygen atoms in total. The Morgan fingerprint density at radius 3 is 2.57 bits per heavy atom. The zero-order valence-electron chi connectivity index (χ0n) is 12.6. The minimum absolute atomic E-state index is 0.108. The number of hydrogen-bond donors (Lipinski definition) is 1. The van der Waals surface area contributed by atoms with Crippen molar-refractivity contribution in [2.24, 2.45) is 0 Å². The summed E-state index contributed by atoms with van der Waals surface area (Å²) < 4.78 is 11.2. The van der Waals surface area contributed by atoms with Gasteiger partial charge in [-0.25, -0.2) is 0 Å². The molecule has 0 saturated heterocycles. The maximum atomic E-state index is 12.0. The molecular formula is C16H15BrClNO3S. The van der Waals surface area contributed by atoms with Gasteiger partial charge >= 0.3 is 0 Å². The number of halogens is 2. The Morgan fingerprint density at radius 1 is 1.17 bits per heavy atom. The molecule has 2 rings (SSSR count). The monoisotopic (exact) mass is 415 g/mol. The highest BCUT2D eigenvalue weighted by atomic mass is 79.9. The van der Waals surface area contributed by atoms with E-state index in [9.17, 15) is 4.79 Å². The summed E-state index contributed by atoms with van der Waals surface area (Å²) in [6, 6.07) is 10.8. The fourth-order valence-corrected chi connectivity index (χ4v) is 2.98. The zero-order chi connectivity index (χ0) is 16.8. The lowest BCUT2D eigenvalue weighted by molar-refractivity contribution is -0.113. The summed E-state index contributed by atoms with van der Waals surface area (Å²) in [5, 5.41) is 3.36. The molecule has 0 spiro atoms. The number of rotatable bonds is 6. The van der Waals surface area contributed by atoms with Crippen molar-refractivity contribution >= 4 is 50.9 Å². The molecule has 0 radical (unpaired) electrons. The van der Waals surface area contributed by atoms with Crippen molar-refractivity contribution in [3.05, 3.63) is 45.9 Å². The van der Waals surface area contributed by atoms with Crippen LogP contribution in [0.3, 0.4) is 0 Å². The van der Waals surface area contributed by atoms with Crippen LogP contribution < -0.4 is 14.8 Å². The Labute approximate surface area is 152 Å². The van der Waals surface area contributed by atoms with Crippen LogP contribution in [0.4, 0.5) is 5.69 Å². The number of carbonyl (C=O) groups excluding carboxylic acids is 1. The number of thioether (sulfide) groups is 1. The van der Waals surface area contributed by atoms with Gasteiger partial charge in [-0.05, 0) is 52.3 Å². The molecule has 0 aliphatic rings. The van der Waals surface area contributed by atoms with Gasteiger partial charge in [0.05, 0.1) is 25.0 Å². The van der Waals surface area contributed by atoms with Gasteiger partial charge in [-0.15, -0.1) is 11.8 Å². The van der Waals surface area contributed by atoms with Crippen molar-refractivity contribution in [2.45, 2.75) is 4.90 Å². The van der Waals surface area contributed by atoms with Gasteiger partial charge < -0.3 is 14.8 Å². The van der Waals surface area contributed by atoms with Crippen molar-refractivity contribution < 1.29 is 14.3 Å².